The molecule has 1 N–H and O–H groups in total. The molecule has 2 aromatic rings. The first-order valence-corrected chi connectivity index (χ1v) is 6.48. The monoisotopic (exact) mass is 282 g/mol. The van der Waals surface area contributed by atoms with Crippen molar-refractivity contribution in [2.45, 2.75) is 33.0 Å². The van der Waals surface area contributed by atoms with Gasteiger partial charge in [0.05, 0.1) is 13.1 Å². The smallest absolute Gasteiger partial charge is 0.164 e. The molecule has 0 fully saturated rings. The molecule has 0 aliphatic heterocycles. The lowest BCUT2D eigenvalue weighted by Crippen LogP contribution is -2.22. The first kappa shape index (κ1) is 14.0. The van der Waals surface area contributed by atoms with Gasteiger partial charge in [0, 0.05) is 16.6 Å². The SMILES string of the molecule is CC(C)NCc1ncn(Cc2cc(Cl)ccc2F)n1. The molecule has 1 aromatic heterocycles. The largest absolute Gasteiger partial charge is 0.308 e. The highest BCUT2D eigenvalue weighted by molar-refractivity contribution is 6.30. The van der Waals surface area contributed by atoms with E-state index in [1.807, 2.05) is 0 Å². The Balaban J connectivity index is 2.05. The molecule has 2 rings (SSSR count). The van der Waals surface area contributed by atoms with Crippen molar-refractivity contribution in [2.24, 2.45) is 0 Å². The summed E-state index contributed by atoms with van der Waals surface area (Å²) in [6.07, 6.45) is 1.59. The summed E-state index contributed by atoms with van der Waals surface area (Å²) in [7, 11) is 0. The number of hydrogen-bond acceptors (Lipinski definition) is 3. The van der Waals surface area contributed by atoms with E-state index in [0.29, 0.717) is 35.5 Å². The molecule has 1 aromatic carbocycles. The van der Waals surface area contributed by atoms with Crippen LogP contribution in [0.15, 0.2) is 24.5 Å². The zero-order chi connectivity index (χ0) is 13.8. The van der Waals surface area contributed by atoms with Crippen LogP contribution < -0.4 is 5.32 Å². The van der Waals surface area contributed by atoms with Crippen LogP contribution in [0.25, 0.3) is 0 Å². The van der Waals surface area contributed by atoms with E-state index < -0.39 is 0 Å². The van der Waals surface area contributed by atoms with Crippen molar-refractivity contribution in [3.05, 3.63) is 46.8 Å². The lowest BCUT2D eigenvalue weighted by Gasteiger charge is -2.05. The summed E-state index contributed by atoms with van der Waals surface area (Å²) in [5.74, 6) is 0.401. The van der Waals surface area contributed by atoms with Crippen LogP contribution >= 0.6 is 11.6 Å². The summed E-state index contributed by atoms with van der Waals surface area (Å²) >= 11 is 5.85. The average Bonchev–Trinajstić information content (AvgIpc) is 2.79. The molecule has 19 heavy (non-hydrogen) atoms. The van der Waals surface area contributed by atoms with Crippen molar-refractivity contribution < 1.29 is 4.39 Å². The number of hydrogen-bond donors (Lipinski definition) is 1. The highest BCUT2D eigenvalue weighted by Gasteiger charge is 2.06. The number of rotatable bonds is 5. The molecule has 0 bridgehead atoms. The minimum atomic E-state index is -0.290. The second-order valence-corrected chi connectivity index (χ2v) is 5.07. The molecule has 0 aliphatic carbocycles. The van der Waals surface area contributed by atoms with Crippen molar-refractivity contribution in [2.75, 3.05) is 0 Å². The van der Waals surface area contributed by atoms with Crippen LogP contribution in [0.1, 0.15) is 25.2 Å². The van der Waals surface area contributed by atoms with Gasteiger partial charge in [-0.3, -0.25) is 0 Å². The molecule has 6 heteroatoms. The zero-order valence-electron chi connectivity index (χ0n) is 10.9. The van der Waals surface area contributed by atoms with Crippen molar-refractivity contribution in [1.29, 1.82) is 0 Å². The van der Waals surface area contributed by atoms with Gasteiger partial charge in [-0.05, 0) is 18.2 Å². The second-order valence-electron chi connectivity index (χ2n) is 4.63. The lowest BCUT2D eigenvalue weighted by atomic mass is 10.2. The fourth-order valence-electron chi connectivity index (χ4n) is 1.62. The van der Waals surface area contributed by atoms with Gasteiger partial charge in [0.15, 0.2) is 5.82 Å². The van der Waals surface area contributed by atoms with Gasteiger partial charge in [-0.2, -0.15) is 5.10 Å². The molecule has 102 valence electrons. The molecule has 0 spiro atoms. The molecule has 0 saturated carbocycles. The molecular weight excluding hydrogens is 267 g/mol. The van der Waals surface area contributed by atoms with E-state index in [1.54, 1.807) is 17.1 Å². The van der Waals surface area contributed by atoms with Gasteiger partial charge in [-0.15, -0.1) is 0 Å². The third kappa shape index (κ3) is 4.01. The Bertz CT molecular complexity index is 553. The summed E-state index contributed by atoms with van der Waals surface area (Å²) in [4.78, 5) is 4.17. The Hall–Kier alpha value is -1.46. The van der Waals surface area contributed by atoms with Crippen LogP contribution in [-0.4, -0.2) is 20.8 Å². The predicted molar refractivity (Wildman–Crippen MR) is 72.5 cm³/mol. The van der Waals surface area contributed by atoms with Gasteiger partial charge in [0.1, 0.15) is 12.1 Å². The number of aromatic nitrogens is 3. The van der Waals surface area contributed by atoms with Crippen LogP contribution in [0.2, 0.25) is 5.02 Å². The molecule has 0 aliphatic rings. The lowest BCUT2D eigenvalue weighted by molar-refractivity contribution is 0.558. The molecule has 0 atom stereocenters. The fourth-order valence-corrected chi connectivity index (χ4v) is 1.82. The van der Waals surface area contributed by atoms with Crippen LogP contribution in [0.4, 0.5) is 4.39 Å². The zero-order valence-corrected chi connectivity index (χ0v) is 11.7. The summed E-state index contributed by atoms with van der Waals surface area (Å²) < 4.78 is 15.2. The molecule has 0 amide bonds. The van der Waals surface area contributed by atoms with Gasteiger partial charge >= 0.3 is 0 Å². The number of benzene rings is 1. The van der Waals surface area contributed by atoms with Gasteiger partial charge in [-0.25, -0.2) is 14.1 Å². The number of halogens is 2. The van der Waals surface area contributed by atoms with E-state index in [-0.39, 0.29) is 5.82 Å². The van der Waals surface area contributed by atoms with E-state index >= 15 is 0 Å². The summed E-state index contributed by atoms with van der Waals surface area (Å²) in [5, 5.41) is 8.02. The van der Waals surface area contributed by atoms with Gasteiger partial charge in [-0.1, -0.05) is 25.4 Å². The quantitative estimate of drug-likeness (QED) is 0.917. The van der Waals surface area contributed by atoms with Crippen molar-refractivity contribution >= 4 is 11.6 Å². The number of nitrogens with one attached hydrogen (secondary N) is 1. The van der Waals surface area contributed by atoms with Crippen LogP contribution in [0.5, 0.6) is 0 Å². The maximum Gasteiger partial charge on any atom is 0.164 e. The minimum absolute atomic E-state index is 0.290. The predicted octanol–water partition coefficient (Wildman–Crippen LogP) is 2.62. The minimum Gasteiger partial charge on any atom is -0.308 e. The van der Waals surface area contributed by atoms with Gasteiger partial charge in [0.25, 0.3) is 0 Å². The first-order valence-electron chi connectivity index (χ1n) is 6.10. The van der Waals surface area contributed by atoms with Crippen molar-refractivity contribution in [1.82, 2.24) is 20.1 Å². The van der Waals surface area contributed by atoms with Gasteiger partial charge in [0.2, 0.25) is 0 Å². The van der Waals surface area contributed by atoms with E-state index in [9.17, 15) is 4.39 Å². The number of nitrogens with zero attached hydrogens (tertiary/aromatic N) is 3. The van der Waals surface area contributed by atoms with E-state index in [1.165, 1.54) is 12.1 Å². The second kappa shape index (κ2) is 6.12. The summed E-state index contributed by atoms with van der Waals surface area (Å²) in [6.45, 7) is 5.03. The highest BCUT2D eigenvalue weighted by atomic mass is 35.5. The average molecular weight is 283 g/mol. The molecule has 4 nitrogen and oxygen atoms in total. The van der Waals surface area contributed by atoms with Gasteiger partial charge < -0.3 is 5.32 Å². The fraction of sp³-hybridized carbons (Fsp3) is 0.385. The standard InChI is InChI=1S/C13H16ClFN4/c1-9(2)16-6-13-17-8-19(18-13)7-10-5-11(14)3-4-12(10)15/h3-5,8-9,16H,6-7H2,1-2H3. The van der Waals surface area contributed by atoms with E-state index in [4.69, 9.17) is 11.6 Å². The van der Waals surface area contributed by atoms with Crippen molar-refractivity contribution in [3.8, 4) is 0 Å². The van der Waals surface area contributed by atoms with E-state index in [0.717, 1.165) is 0 Å². The van der Waals surface area contributed by atoms with Crippen molar-refractivity contribution in [3.63, 3.8) is 0 Å². The Morgan fingerprint density at radius 2 is 2.21 bits per heavy atom. The molecule has 0 unspecified atom stereocenters. The maximum absolute atomic E-state index is 13.6. The molecule has 0 saturated heterocycles. The normalized spacial score (nSPS) is 11.2. The van der Waals surface area contributed by atoms with Crippen LogP contribution in [0.3, 0.4) is 0 Å². The Morgan fingerprint density at radius 1 is 1.42 bits per heavy atom. The maximum atomic E-state index is 13.6. The third-order valence-corrected chi connectivity index (χ3v) is 2.83. The summed E-state index contributed by atoms with van der Waals surface area (Å²) in [5.41, 5.74) is 0.501. The van der Waals surface area contributed by atoms with E-state index in [2.05, 4.69) is 29.2 Å². The Kier molecular flexibility index (Phi) is 4.50. The summed E-state index contributed by atoms with van der Waals surface area (Å²) in [6, 6.07) is 4.86. The Labute approximate surface area is 116 Å². The first-order chi connectivity index (χ1) is 9.04. The highest BCUT2D eigenvalue weighted by Crippen LogP contribution is 2.15. The topological polar surface area (TPSA) is 42.7 Å². The van der Waals surface area contributed by atoms with Crippen LogP contribution in [0, 0.1) is 5.82 Å². The Morgan fingerprint density at radius 3 is 2.95 bits per heavy atom. The third-order valence-electron chi connectivity index (χ3n) is 2.59. The molecular formula is C13H16ClFN4. The van der Waals surface area contributed by atoms with Crippen LogP contribution in [-0.2, 0) is 13.1 Å². The molecule has 0 radical (unpaired) electrons. The molecule has 1 heterocycles.